The number of carbonyl (C=O) groups excluding carboxylic acids is 2. The van der Waals surface area contributed by atoms with Gasteiger partial charge in [-0.25, -0.2) is 4.98 Å². The van der Waals surface area contributed by atoms with Crippen LogP contribution in [0.1, 0.15) is 55.7 Å². The molecule has 1 aliphatic carbocycles. The van der Waals surface area contributed by atoms with E-state index < -0.39 is 5.54 Å². The minimum atomic E-state index is -0.449. The van der Waals surface area contributed by atoms with Gasteiger partial charge in [-0.2, -0.15) is 0 Å². The maximum Gasteiger partial charge on any atom is 0.246 e. The normalized spacial score (nSPS) is 14.6. The number of hydrogen-bond acceptors (Lipinski definition) is 7. The van der Waals surface area contributed by atoms with E-state index in [0.29, 0.717) is 31.2 Å². The van der Waals surface area contributed by atoms with Crippen molar-refractivity contribution in [3.8, 4) is 11.5 Å². The van der Waals surface area contributed by atoms with Gasteiger partial charge in [-0.3, -0.25) is 4.79 Å². The molecule has 194 valence electrons. The van der Waals surface area contributed by atoms with Crippen LogP contribution in [0.2, 0.25) is 0 Å². The summed E-state index contributed by atoms with van der Waals surface area (Å²) in [6, 6.07) is 7.68. The van der Waals surface area contributed by atoms with Crippen LogP contribution in [0.3, 0.4) is 0 Å². The van der Waals surface area contributed by atoms with E-state index in [1.807, 2.05) is 38.2 Å². The first-order chi connectivity index (χ1) is 17.4. The second kappa shape index (κ2) is 13.1. The molecule has 36 heavy (non-hydrogen) atoms. The molecule has 8 nitrogen and oxygen atoms in total. The third-order valence-corrected chi connectivity index (χ3v) is 6.51. The summed E-state index contributed by atoms with van der Waals surface area (Å²) in [5.74, 6) is 1.94. The van der Waals surface area contributed by atoms with Gasteiger partial charge in [0.2, 0.25) is 5.91 Å². The monoisotopic (exact) mass is 494 g/mol. The third-order valence-electron chi connectivity index (χ3n) is 6.51. The van der Waals surface area contributed by atoms with Gasteiger partial charge in [-0.05, 0) is 43.0 Å². The maximum atomic E-state index is 12.9. The smallest absolute Gasteiger partial charge is 0.246 e. The zero-order chi connectivity index (χ0) is 26.0. The number of nitrogens with one attached hydrogen (secondary N) is 2. The lowest BCUT2D eigenvalue weighted by molar-refractivity contribution is -0.125. The summed E-state index contributed by atoms with van der Waals surface area (Å²) >= 11 is 0. The summed E-state index contributed by atoms with van der Waals surface area (Å²) in [6.45, 7) is 3.53. The molecule has 1 aromatic carbocycles. The average Bonchev–Trinajstić information content (AvgIpc) is 3.39. The molecule has 0 unspecified atom stereocenters. The standard InChI is InChI=1S/C28H38N4O4/c1-5-15-36-26-22(9-8-10-24(26)35-4)19-32(3)25(34)12-11-21-16-23(27(29-2)30-17-21)18-31-28(20-33)13-6-7-14-28/h8-12,16-17,20,31H,5-7,13-15,18-19H2,1-4H3,(H,29,30)/b12-11+. The first-order valence-electron chi connectivity index (χ1n) is 12.5. The van der Waals surface area contributed by atoms with Crippen molar-refractivity contribution in [3.63, 3.8) is 0 Å². The fourth-order valence-corrected chi connectivity index (χ4v) is 4.44. The number of anilines is 1. The lowest BCUT2D eigenvalue weighted by Crippen LogP contribution is -2.43. The number of methoxy groups -OCH3 is 1. The fourth-order valence-electron chi connectivity index (χ4n) is 4.44. The largest absolute Gasteiger partial charge is 0.493 e. The zero-order valence-electron chi connectivity index (χ0n) is 21.8. The Balaban J connectivity index is 1.69. The number of likely N-dealkylation sites (N-methyl/N-ethyl adjacent to an activating group) is 1. The summed E-state index contributed by atoms with van der Waals surface area (Å²) in [6.07, 6.45) is 10.8. The molecule has 3 rings (SSSR count). The topological polar surface area (TPSA) is 92.8 Å². The number of rotatable bonds is 13. The highest BCUT2D eigenvalue weighted by Gasteiger charge is 2.32. The van der Waals surface area contributed by atoms with Crippen molar-refractivity contribution >= 4 is 24.1 Å². The number of aromatic nitrogens is 1. The number of pyridine rings is 1. The van der Waals surface area contributed by atoms with Crippen LogP contribution in [0.5, 0.6) is 11.5 Å². The molecule has 1 fully saturated rings. The number of amides is 1. The van der Waals surface area contributed by atoms with Crippen molar-refractivity contribution in [1.82, 2.24) is 15.2 Å². The predicted octanol–water partition coefficient (Wildman–Crippen LogP) is 4.19. The second-order valence-electron chi connectivity index (χ2n) is 9.19. The van der Waals surface area contributed by atoms with Crippen molar-refractivity contribution in [3.05, 3.63) is 53.2 Å². The molecule has 8 heteroatoms. The van der Waals surface area contributed by atoms with Gasteiger partial charge in [0.05, 0.1) is 19.3 Å². The summed E-state index contributed by atoms with van der Waals surface area (Å²) in [5, 5.41) is 6.54. The highest BCUT2D eigenvalue weighted by atomic mass is 16.5. The molecule has 2 aromatic rings. The van der Waals surface area contributed by atoms with Crippen LogP contribution >= 0.6 is 0 Å². The van der Waals surface area contributed by atoms with Crippen molar-refractivity contribution in [2.75, 3.05) is 33.1 Å². The highest BCUT2D eigenvalue weighted by molar-refractivity contribution is 5.91. The van der Waals surface area contributed by atoms with Gasteiger partial charge in [0.25, 0.3) is 0 Å². The molecule has 2 N–H and O–H groups in total. The number of nitrogens with zero attached hydrogens (tertiary/aromatic N) is 2. The minimum Gasteiger partial charge on any atom is -0.493 e. The summed E-state index contributed by atoms with van der Waals surface area (Å²) < 4.78 is 11.4. The van der Waals surface area contributed by atoms with E-state index in [1.165, 1.54) is 0 Å². The van der Waals surface area contributed by atoms with E-state index in [-0.39, 0.29) is 5.91 Å². The van der Waals surface area contributed by atoms with Gasteiger partial charge < -0.3 is 29.8 Å². The van der Waals surface area contributed by atoms with Crippen molar-refractivity contribution in [2.45, 2.75) is 57.7 Å². The van der Waals surface area contributed by atoms with Crippen LogP contribution in [0.25, 0.3) is 6.08 Å². The predicted molar refractivity (Wildman–Crippen MR) is 142 cm³/mol. The Hall–Kier alpha value is -3.39. The number of hydrogen-bond donors (Lipinski definition) is 2. The van der Waals surface area contributed by atoms with Crippen molar-refractivity contribution in [2.24, 2.45) is 0 Å². The van der Waals surface area contributed by atoms with E-state index in [4.69, 9.17) is 9.47 Å². The fraction of sp³-hybridized carbons (Fsp3) is 0.464. The Morgan fingerprint density at radius 1 is 1.25 bits per heavy atom. The SMILES string of the molecule is CCCOc1c(CN(C)C(=O)/C=C/c2cnc(NC)c(CNC3(C=O)CCCC3)c2)cccc1OC. The first kappa shape index (κ1) is 27.2. The van der Waals surface area contributed by atoms with Crippen molar-refractivity contribution in [1.29, 1.82) is 0 Å². The summed E-state index contributed by atoms with van der Waals surface area (Å²) in [7, 11) is 5.19. The molecule has 0 spiro atoms. The first-order valence-corrected chi connectivity index (χ1v) is 12.5. The van der Waals surface area contributed by atoms with Crippen LogP contribution in [0, 0.1) is 0 Å². The van der Waals surface area contributed by atoms with Crippen LogP contribution in [0.4, 0.5) is 5.82 Å². The molecule has 0 aliphatic heterocycles. The van der Waals surface area contributed by atoms with Gasteiger partial charge in [0.15, 0.2) is 11.5 Å². The Morgan fingerprint density at radius 3 is 2.69 bits per heavy atom. The Labute approximate surface area is 214 Å². The van der Waals surface area contributed by atoms with Crippen LogP contribution < -0.4 is 20.1 Å². The molecule has 1 aromatic heterocycles. The van der Waals surface area contributed by atoms with E-state index >= 15 is 0 Å². The maximum absolute atomic E-state index is 12.9. The molecule has 0 saturated heterocycles. The molecule has 0 bridgehead atoms. The number of para-hydroxylation sites is 1. The Kier molecular flexibility index (Phi) is 9.87. The molecular weight excluding hydrogens is 456 g/mol. The zero-order valence-corrected chi connectivity index (χ0v) is 21.8. The van der Waals surface area contributed by atoms with Gasteiger partial charge in [0, 0.05) is 50.6 Å². The number of carbonyl (C=O) groups is 2. The van der Waals surface area contributed by atoms with Gasteiger partial charge >= 0.3 is 0 Å². The Bertz CT molecular complexity index is 1060. The number of aldehydes is 1. The van der Waals surface area contributed by atoms with E-state index in [2.05, 4.69) is 15.6 Å². The molecule has 1 heterocycles. The van der Waals surface area contributed by atoms with Crippen LogP contribution in [0.15, 0.2) is 36.5 Å². The average molecular weight is 495 g/mol. The molecule has 1 amide bonds. The number of benzene rings is 1. The van der Waals surface area contributed by atoms with E-state index in [9.17, 15) is 9.59 Å². The molecule has 0 radical (unpaired) electrons. The van der Waals surface area contributed by atoms with Crippen molar-refractivity contribution < 1.29 is 19.1 Å². The Morgan fingerprint density at radius 2 is 2.03 bits per heavy atom. The lowest BCUT2D eigenvalue weighted by atomic mass is 9.99. The quantitative estimate of drug-likeness (QED) is 0.319. The third kappa shape index (κ3) is 6.85. The minimum absolute atomic E-state index is 0.137. The lowest BCUT2D eigenvalue weighted by Gasteiger charge is -2.24. The second-order valence-corrected chi connectivity index (χ2v) is 9.19. The van der Waals surface area contributed by atoms with Gasteiger partial charge in [0.1, 0.15) is 12.1 Å². The summed E-state index contributed by atoms with van der Waals surface area (Å²) in [4.78, 5) is 30.7. The van der Waals surface area contributed by atoms with E-state index in [1.54, 1.807) is 37.4 Å². The molecule has 1 aliphatic rings. The van der Waals surface area contributed by atoms with Crippen LogP contribution in [-0.2, 0) is 22.7 Å². The molecule has 1 saturated carbocycles. The molecule has 0 atom stereocenters. The van der Waals surface area contributed by atoms with Gasteiger partial charge in [-0.1, -0.05) is 31.9 Å². The number of ether oxygens (including phenoxy) is 2. The molecular formula is C28H38N4O4. The highest BCUT2D eigenvalue weighted by Crippen LogP contribution is 2.32. The summed E-state index contributed by atoms with van der Waals surface area (Å²) in [5.41, 5.74) is 2.20. The van der Waals surface area contributed by atoms with E-state index in [0.717, 1.165) is 60.9 Å². The van der Waals surface area contributed by atoms with Crippen LogP contribution in [-0.4, -0.2) is 55.4 Å². The van der Waals surface area contributed by atoms with Gasteiger partial charge in [-0.15, -0.1) is 0 Å².